The Labute approximate surface area is 515 Å². The largest absolute Gasteiger partial charge is 0.469 e. The van der Waals surface area contributed by atoms with E-state index in [1.54, 1.807) is 0 Å². The third-order valence-corrected chi connectivity index (χ3v) is 21.1. The molecule has 89 heavy (non-hydrogen) atoms. The molecule has 1 aliphatic carbocycles. The highest BCUT2D eigenvalue weighted by atomic mass is 16.5. The van der Waals surface area contributed by atoms with Crippen molar-refractivity contribution in [2.75, 3.05) is 19.6 Å². The van der Waals surface area contributed by atoms with Crippen LogP contribution in [0, 0.1) is 17.9 Å². The number of para-hydroxylation sites is 8. The topological polar surface area (TPSA) is 59.6 Å². The van der Waals surface area contributed by atoms with Crippen LogP contribution in [0.15, 0.2) is 231 Å². The van der Waals surface area contributed by atoms with Gasteiger partial charge in [0.15, 0.2) is 0 Å². The lowest BCUT2D eigenvalue weighted by atomic mass is 9.29. The van der Waals surface area contributed by atoms with Gasteiger partial charge in [-0.1, -0.05) is 172 Å². The molecule has 0 saturated heterocycles. The van der Waals surface area contributed by atoms with Gasteiger partial charge in [0.2, 0.25) is 6.71 Å². The van der Waals surface area contributed by atoms with E-state index in [0.29, 0.717) is 22.7 Å². The number of fused-ring (bicyclic) bond motifs is 23. The third kappa shape index (κ3) is 5.67. The molecule has 8 aliphatic heterocycles. The number of hydrogen-bond donors (Lipinski definition) is 0. The minimum absolute atomic E-state index is 0.162. The van der Waals surface area contributed by atoms with Crippen molar-refractivity contribution >= 4 is 166 Å². The van der Waals surface area contributed by atoms with Crippen LogP contribution in [0.2, 0.25) is 0 Å². The van der Waals surface area contributed by atoms with E-state index in [4.69, 9.17) is 9.47 Å². The number of anilines is 12. The molecule has 0 atom stereocenters. The summed E-state index contributed by atoms with van der Waals surface area (Å²) in [5, 5.41) is 12.0. The van der Waals surface area contributed by atoms with Gasteiger partial charge in [0.1, 0.15) is 34.6 Å². The fraction of sp³-hybridized carbons (Fsp3) is 0.0390. The molecule has 0 radical (unpaired) electrons. The maximum Gasteiger partial charge on any atom is 0.256 e. The minimum atomic E-state index is -0.527. The quantitative estimate of drug-likeness (QED) is 0.126. The number of ether oxygens (including phenoxy) is 2. The molecule has 9 aliphatic rings. The van der Waals surface area contributed by atoms with E-state index in [1.165, 1.54) is 55.0 Å². The van der Waals surface area contributed by atoms with E-state index in [9.17, 15) is 11.8 Å². The average molecular weight is 1130 g/mol. The van der Waals surface area contributed by atoms with Gasteiger partial charge in [-0.15, -0.1) is 0 Å². The first kappa shape index (κ1) is 47.9. The van der Waals surface area contributed by atoms with Crippen LogP contribution in [0.4, 0.5) is 73.9 Å². The normalized spacial score (nSPS) is 15.1. The highest BCUT2D eigenvalue weighted by molar-refractivity contribution is 7.06. The Bertz CT molecular complexity index is 5090. The van der Waals surface area contributed by atoms with Gasteiger partial charge in [0.05, 0.1) is 17.9 Å². The Morgan fingerprint density at radius 1 is 0.382 bits per heavy atom. The highest BCUT2D eigenvalue weighted by Crippen LogP contribution is 2.58. The highest BCUT2D eigenvalue weighted by Gasteiger charge is 2.56. The maximum atomic E-state index is 12.0. The van der Waals surface area contributed by atoms with Gasteiger partial charge in [0, 0.05) is 62.3 Å². The summed E-state index contributed by atoms with van der Waals surface area (Å²) in [6.07, 6.45) is 0. The van der Waals surface area contributed by atoms with Crippen molar-refractivity contribution in [2.45, 2.75) is 19.3 Å². The van der Waals surface area contributed by atoms with E-state index < -0.39 is 5.41 Å². The molecular weight excluding hydrogens is 1080 g/mol. The van der Waals surface area contributed by atoms with E-state index in [0.717, 1.165) is 113 Å². The summed E-state index contributed by atoms with van der Waals surface area (Å²) >= 11 is 0. The number of nitrogens with zero attached hydrogens (tertiary/aromatic N) is 6. The monoisotopic (exact) mass is 1130 g/mol. The smallest absolute Gasteiger partial charge is 0.256 e. The Morgan fingerprint density at radius 3 is 1.20 bits per heavy atom. The lowest BCUT2D eigenvalue weighted by molar-refractivity contribution is 0.486. The Morgan fingerprint density at radius 2 is 0.753 bits per heavy atom. The second-order valence-electron chi connectivity index (χ2n) is 25.5. The summed E-state index contributed by atoms with van der Waals surface area (Å²) in [5.41, 5.74) is 31.4. The van der Waals surface area contributed by atoms with E-state index in [-0.39, 0.29) is 26.9 Å². The summed E-state index contributed by atoms with van der Waals surface area (Å²) in [5.74, 6) is 2.79. The van der Waals surface area contributed by atoms with Crippen LogP contribution in [0.25, 0.3) is 16.0 Å². The summed E-state index contributed by atoms with van der Waals surface area (Å²) in [4.78, 5) is 14.4. The first-order valence-corrected chi connectivity index (χ1v) is 30.7. The SMILES string of the molecule is [C-]#[N+]c1c2c3c4c5c1N(c1ccccc1)c1cc6c(cc1B5c1ccccc1N4c1ccccc1B3c1ccccc1O2)-c1cc2c(cc1C6(C)C)N(c1ccccc1)c1c(C#N)c3c4c5c1B2c1ccccc1N5c1ccccc1B4c1ccccc1O3. The molecule has 0 saturated carbocycles. The van der Waals surface area contributed by atoms with Crippen LogP contribution in [-0.4, -0.2) is 26.9 Å². The first-order valence-electron chi connectivity index (χ1n) is 30.7. The molecule has 21 rings (SSSR count). The van der Waals surface area contributed by atoms with Crippen LogP contribution in [0.5, 0.6) is 23.0 Å². The lowest BCUT2D eigenvalue weighted by Crippen LogP contribution is -2.68. The molecule has 12 aromatic carbocycles. The minimum Gasteiger partial charge on any atom is -0.469 e. The molecular formula is C77H44B4N6O2. The van der Waals surface area contributed by atoms with E-state index in [1.807, 2.05) is 12.1 Å². The summed E-state index contributed by atoms with van der Waals surface area (Å²) in [6, 6.07) is 86.5. The van der Waals surface area contributed by atoms with Crippen molar-refractivity contribution in [3.63, 3.8) is 0 Å². The van der Waals surface area contributed by atoms with Crippen LogP contribution >= 0.6 is 0 Å². The predicted molar refractivity (Wildman–Crippen MR) is 365 cm³/mol. The average Bonchev–Trinajstić information content (AvgIpc) is 1.34. The molecule has 0 unspecified atom stereocenters. The zero-order valence-corrected chi connectivity index (χ0v) is 48.2. The molecule has 12 heteroatoms. The molecule has 0 spiro atoms. The molecule has 0 fully saturated rings. The Balaban J connectivity index is 0.861. The zero-order valence-electron chi connectivity index (χ0n) is 48.2. The van der Waals surface area contributed by atoms with E-state index in [2.05, 4.69) is 263 Å². The van der Waals surface area contributed by atoms with Crippen LogP contribution in [0.3, 0.4) is 0 Å². The van der Waals surface area contributed by atoms with Gasteiger partial charge in [-0.05, 0) is 161 Å². The van der Waals surface area contributed by atoms with Crippen molar-refractivity contribution in [3.05, 3.63) is 259 Å². The third-order valence-electron chi connectivity index (χ3n) is 21.1. The van der Waals surface area contributed by atoms with Crippen molar-refractivity contribution < 1.29 is 9.47 Å². The second kappa shape index (κ2) is 16.6. The Hall–Kier alpha value is -11.3. The molecule has 12 aromatic rings. The van der Waals surface area contributed by atoms with Gasteiger partial charge in [-0.3, -0.25) is 0 Å². The molecule has 8 nitrogen and oxygen atoms in total. The first-order chi connectivity index (χ1) is 43.9. The standard InChI is InChI=1S/C77H44B4N6O2/c1-77(2)48-40-62-56(80-52-28-12-18-34-60(52)86-58-32-16-10-26-50(58)78-54-30-14-20-36-64(54)88-75-47(42-82)71(66(80)72(86)68(75)78)84(62)43-22-6-4-7-23-43)38-45(48)46-39-57-63(41-49(46)77)85(44-24-8-5-9-25-44)74-67-73-69-76(70(74)83-3)89-65-37-21-15-31-55(65)79(69)51-27-11-17-33-59(51)87(73)61-35-19-13-29-53(61)81(57)67/h4-41H,1-2H3. The van der Waals surface area contributed by atoms with Crippen molar-refractivity contribution in [3.8, 4) is 40.2 Å². The zero-order chi connectivity index (χ0) is 58.4. The second-order valence-corrected chi connectivity index (χ2v) is 25.5. The van der Waals surface area contributed by atoms with Crippen molar-refractivity contribution in [2.24, 2.45) is 0 Å². The fourth-order valence-corrected chi connectivity index (χ4v) is 17.8. The van der Waals surface area contributed by atoms with Gasteiger partial charge in [-0.25, -0.2) is 4.85 Å². The molecule has 0 N–H and O–H groups in total. The van der Waals surface area contributed by atoms with Crippen LogP contribution in [0.1, 0.15) is 30.5 Å². The maximum absolute atomic E-state index is 12.0. The molecule has 0 bridgehead atoms. The van der Waals surface area contributed by atoms with Crippen LogP contribution in [-0.2, 0) is 5.41 Å². The number of rotatable bonds is 2. The molecule has 0 aromatic heterocycles. The van der Waals surface area contributed by atoms with Gasteiger partial charge in [-0.2, -0.15) is 5.26 Å². The lowest BCUT2D eigenvalue weighted by Gasteiger charge is -2.50. The van der Waals surface area contributed by atoms with Gasteiger partial charge >= 0.3 is 0 Å². The van der Waals surface area contributed by atoms with Crippen LogP contribution < -0.4 is 94.6 Å². The number of nitriles is 1. The van der Waals surface area contributed by atoms with E-state index >= 15 is 0 Å². The van der Waals surface area contributed by atoms with Crippen molar-refractivity contribution in [1.82, 2.24) is 0 Å². The van der Waals surface area contributed by atoms with Gasteiger partial charge in [0.25, 0.3) is 25.8 Å². The Kier molecular flexibility index (Phi) is 8.93. The molecule has 0 amide bonds. The molecule has 8 heterocycles. The predicted octanol–water partition coefficient (Wildman–Crippen LogP) is 10.5. The summed E-state index contributed by atoms with van der Waals surface area (Å²) in [6.45, 7) is 13.3. The van der Waals surface area contributed by atoms with Gasteiger partial charge < -0.3 is 29.1 Å². The fourth-order valence-electron chi connectivity index (χ4n) is 17.8. The summed E-state index contributed by atoms with van der Waals surface area (Å²) in [7, 11) is 0. The number of hydrogen-bond acceptors (Lipinski definition) is 7. The molecule has 406 valence electrons. The number of benzene rings is 12. The van der Waals surface area contributed by atoms with Crippen molar-refractivity contribution in [1.29, 1.82) is 5.26 Å². The summed E-state index contributed by atoms with van der Waals surface area (Å²) < 4.78 is 14.4.